The lowest BCUT2D eigenvalue weighted by Crippen LogP contribution is -2.49. The number of aryl methyl sites for hydroxylation is 1. The first-order chi connectivity index (χ1) is 10.6. The van der Waals surface area contributed by atoms with Crippen LogP contribution in [0.15, 0.2) is 35.5 Å². The topological polar surface area (TPSA) is 82.2 Å². The van der Waals surface area contributed by atoms with Crippen LogP contribution < -0.4 is 10.5 Å². The van der Waals surface area contributed by atoms with Crippen molar-refractivity contribution in [3.63, 3.8) is 0 Å². The Morgan fingerprint density at radius 1 is 1.18 bits per heavy atom. The third-order valence-electron chi connectivity index (χ3n) is 3.71. The van der Waals surface area contributed by atoms with Gasteiger partial charge in [-0.15, -0.1) is 0 Å². The van der Waals surface area contributed by atoms with Crippen LogP contribution in [0.3, 0.4) is 0 Å². The summed E-state index contributed by atoms with van der Waals surface area (Å²) < 4.78 is 0. The molecule has 0 bridgehead atoms. The molecule has 1 amide bonds. The Labute approximate surface area is 127 Å². The molecule has 7 nitrogen and oxygen atoms in total. The number of hydrogen-bond donors (Lipinski definition) is 1. The second kappa shape index (κ2) is 5.97. The molecule has 0 radical (unpaired) electrons. The van der Waals surface area contributed by atoms with Crippen molar-refractivity contribution in [2.24, 2.45) is 0 Å². The van der Waals surface area contributed by atoms with E-state index in [0.717, 1.165) is 24.6 Å². The number of nitrogens with one attached hydrogen (secondary N) is 1. The summed E-state index contributed by atoms with van der Waals surface area (Å²) in [7, 11) is 0. The van der Waals surface area contributed by atoms with E-state index in [1.807, 2.05) is 13.0 Å². The van der Waals surface area contributed by atoms with Gasteiger partial charge in [0.15, 0.2) is 0 Å². The van der Waals surface area contributed by atoms with E-state index in [-0.39, 0.29) is 11.5 Å². The molecule has 0 unspecified atom stereocenters. The minimum Gasteiger partial charge on any atom is -0.353 e. The van der Waals surface area contributed by atoms with Gasteiger partial charge in [-0.3, -0.25) is 9.59 Å². The monoisotopic (exact) mass is 299 g/mol. The molecule has 0 aromatic carbocycles. The third kappa shape index (κ3) is 2.98. The first kappa shape index (κ1) is 14.2. The van der Waals surface area contributed by atoms with Gasteiger partial charge in [0.1, 0.15) is 12.1 Å². The van der Waals surface area contributed by atoms with Crippen molar-refractivity contribution in [1.29, 1.82) is 0 Å². The van der Waals surface area contributed by atoms with Crippen molar-refractivity contribution in [3.05, 3.63) is 52.3 Å². The molecular formula is C15H17N5O2. The minimum atomic E-state index is -0.208. The van der Waals surface area contributed by atoms with Crippen LogP contribution in [0.4, 0.5) is 5.82 Å². The largest absolute Gasteiger partial charge is 0.353 e. The van der Waals surface area contributed by atoms with Crippen LogP contribution in [0.25, 0.3) is 0 Å². The highest BCUT2D eigenvalue weighted by molar-refractivity contribution is 5.94. The summed E-state index contributed by atoms with van der Waals surface area (Å²) in [5, 5.41) is 0. The summed E-state index contributed by atoms with van der Waals surface area (Å²) in [5.74, 6) is 0.832. The molecule has 7 heteroatoms. The second-order valence-electron chi connectivity index (χ2n) is 5.24. The SMILES string of the molecule is Cc1cc(N2CCN(C(=O)c3ccc(=O)[nH]c3)CC2)ncn1. The zero-order chi connectivity index (χ0) is 15.5. The van der Waals surface area contributed by atoms with Crippen LogP contribution in [-0.4, -0.2) is 51.9 Å². The van der Waals surface area contributed by atoms with Gasteiger partial charge in [-0.1, -0.05) is 0 Å². The molecule has 0 atom stereocenters. The molecule has 1 N–H and O–H groups in total. The average Bonchev–Trinajstić information content (AvgIpc) is 2.55. The Morgan fingerprint density at radius 3 is 2.59 bits per heavy atom. The number of hydrogen-bond acceptors (Lipinski definition) is 5. The lowest BCUT2D eigenvalue weighted by atomic mass is 10.2. The summed E-state index contributed by atoms with van der Waals surface area (Å²) in [6, 6.07) is 4.87. The molecule has 1 fully saturated rings. The van der Waals surface area contributed by atoms with Gasteiger partial charge in [-0.25, -0.2) is 9.97 Å². The first-order valence-corrected chi connectivity index (χ1v) is 7.15. The predicted octanol–water partition coefficient (Wildman–Crippen LogP) is 0.436. The van der Waals surface area contributed by atoms with Crippen molar-refractivity contribution in [1.82, 2.24) is 19.9 Å². The molecule has 3 rings (SSSR count). The molecule has 0 saturated carbocycles. The summed E-state index contributed by atoms with van der Waals surface area (Å²) in [4.78, 5) is 38.2. The highest BCUT2D eigenvalue weighted by Crippen LogP contribution is 2.14. The van der Waals surface area contributed by atoms with Gasteiger partial charge in [0.25, 0.3) is 5.91 Å². The first-order valence-electron chi connectivity index (χ1n) is 7.15. The van der Waals surface area contributed by atoms with Crippen LogP contribution >= 0.6 is 0 Å². The number of H-pyrrole nitrogens is 1. The molecule has 22 heavy (non-hydrogen) atoms. The Bertz CT molecular complexity index is 714. The van der Waals surface area contributed by atoms with Crippen molar-refractivity contribution in [3.8, 4) is 0 Å². The molecule has 0 aliphatic carbocycles. The number of nitrogens with zero attached hydrogens (tertiary/aromatic N) is 4. The normalized spacial score (nSPS) is 15.0. The van der Waals surface area contributed by atoms with E-state index >= 15 is 0 Å². The van der Waals surface area contributed by atoms with E-state index in [9.17, 15) is 9.59 Å². The van der Waals surface area contributed by atoms with Crippen LogP contribution in [0, 0.1) is 6.92 Å². The molecule has 1 aliphatic heterocycles. The van der Waals surface area contributed by atoms with Crippen molar-refractivity contribution in [2.75, 3.05) is 31.1 Å². The van der Waals surface area contributed by atoms with Gasteiger partial charge in [0.05, 0.1) is 5.56 Å². The Balaban J connectivity index is 1.65. The van der Waals surface area contributed by atoms with E-state index < -0.39 is 0 Å². The van der Waals surface area contributed by atoms with Crippen LogP contribution in [-0.2, 0) is 0 Å². The number of rotatable bonds is 2. The van der Waals surface area contributed by atoms with Crippen molar-refractivity contribution < 1.29 is 4.79 Å². The third-order valence-corrected chi connectivity index (χ3v) is 3.71. The number of carbonyl (C=O) groups is 1. The molecule has 3 heterocycles. The smallest absolute Gasteiger partial charge is 0.255 e. The number of piperazine rings is 1. The second-order valence-corrected chi connectivity index (χ2v) is 5.24. The average molecular weight is 299 g/mol. The van der Waals surface area contributed by atoms with Crippen molar-refractivity contribution in [2.45, 2.75) is 6.92 Å². The van der Waals surface area contributed by atoms with E-state index in [4.69, 9.17) is 0 Å². The van der Waals surface area contributed by atoms with Gasteiger partial charge in [-0.2, -0.15) is 0 Å². The number of aromatic amines is 1. The fourth-order valence-electron chi connectivity index (χ4n) is 2.48. The van der Waals surface area contributed by atoms with Gasteiger partial charge in [0.2, 0.25) is 5.56 Å². The number of pyridine rings is 1. The maximum Gasteiger partial charge on any atom is 0.255 e. The number of amides is 1. The quantitative estimate of drug-likeness (QED) is 0.870. The van der Waals surface area contributed by atoms with E-state index in [0.29, 0.717) is 18.7 Å². The van der Waals surface area contributed by atoms with Gasteiger partial charge >= 0.3 is 0 Å². The molecule has 0 spiro atoms. The molecule has 1 saturated heterocycles. The number of aromatic nitrogens is 3. The lowest BCUT2D eigenvalue weighted by molar-refractivity contribution is 0.0746. The summed E-state index contributed by atoms with van der Waals surface area (Å²) in [6.45, 7) is 4.64. The maximum atomic E-state index is 12.4. The minimum absolute atomic E-state index is 0.0604. The maximum absolute atomic E-state index is 12.4. The van der Waals surface area contributed by atoms with Crippen LogP contribution in [0.1, 0.15) is 16.1 Å². The highest BCUT2D eigenvalue weighted by atomic mass is 16.2. The summed E-state index contributed by atoms with van der Waals surface area (Å²) in [5.41, 5.74) is 1.23. The zero-order valence-electron chi connectivity index (χ0n) is 12.3. The van der Waals surface area contributed by atoms with Gasteiger partial charge in [-0.05, 0) is 13.0 Å². The molecule has 2 aromatic heterocycles. The van der Waals surface area contributed by atoms with Crippen molar-refractivity contribution >= 4 is 11.7 Å². The van der Waals surface area contributed by atoms with Crippen LogP contribution in [0.2, 0.25) is 0 Å². The molecule has 2 aromatic rings. The fraction of sp³-hybridized carbons (Fsp3) is 0.333. The lowest BCUT2D eigenvalue weighted by Gasteiger charge is -2.35. The van der Waals surface area contributed by atoms with Crippen LogP contribution in [0.5, 0.6) is 0 Å². The fourth-order valence-corrected chi connectivity index (χ4v) is 2.48. The summed E-state index contributed by atoms with van der Waals surface area (Å²) >= 11 is 0. The van der Waals surface area contributed by atoms with Gasteiger partial charge in [0, 0.05) is 50.2 Å². The molecule has 114 valence electrons. The standard InChI is InChI=1S/C15H17N5O2/c1-11-8-13(18-10-17-11)19-4-6-20(7-5-19)15(22)12-2-3-14(21)16-9-12/h2-3,8-10H,4-7H2,1H3,(H,16,21). The van der Waals surface area contributed by atoms with Gasteiger partial charge < -0.3 is 14.8 Å². The van der Waals surface area contributed by atoms with E-state index in [2.05, 4.69) is 19.9 Å². The predicted molar refractivity (Wildman–Crippen MR) is 81.9 cm³/mol. The van der Waals surface area contributed by atoms with E-state index in [1.54, 1.807) is 17.3 Å². The Morgan fingerprint density at radius 2 is 1.95 bits per heavy atom. The number of anilines is 1. The zero-order valence-corrected chi connectivity index (χ0v) is 12.3. The Hall–Kier alpha value is -2.70. The highest BCUT2D eigenvalue weighted by Gasteiger charge is 2.23. The summed E-state index contributed by atoms with van der Waals surface area (Å²) in [6.07, 6.45) is 3.02. The molecule has 1 aliphatic rings. The van der Waals surface area contributed by atoms with E-state index in [1.165, 1.54) is 12.3 Å². The number of carbonyl (C=O) groups excluding carboxylic acids is 1. The Kier molecular flexibility index (Phi) is 3.86. The molecular weight excluding hydrogens is 282 g/mol.